The standard InChI is InChI=1S/C23H32O2S/c1-6-9-21(24)20(16-23(3,4)5)19-10-7-8-11-22(19)26(25)18-14-12-17(2)13-15-18/h7-8,10-15,20-21,24H,6,9,16H2,1-5H3/t20-,21-,26-/m0/s1. The van der Waals surface area contributed by atoms with Crippen LogP contribution in [-0.2, 0) is 10.8 Å². The van der Waals surface area contributed by atoms with Gasteiger partial charge in [0.2, 0.25) is 0 Å². The van der Waals surface area contributed by atoms with Gasteiger partial charge in [-0.05, 0) is 48.9 Å². The van der Waals surface area contributed by atoms with E-state index in [1.807, 2.05) is 55.5 Å². The van der Waals surface area contributed by atoms with Crippen LogP contribution in [0.2, 0.25) is 0 Å². The van der Waals surface area contributed by atoms with Gasteiger partial charge in [-0.15, -0.1) is 0 Å². The van der Waals surface area contributed by atoms with Gasteiger partial charge in [0, 0.05) is 15.7 Å². The number of aliphatic hydroxyl groups is 1. The van der Waals surface area contributed by atoms with Crippen LogP contribution >= 0.6 is 0 Å². The highest BCUT2D eigenvalue weighted by Gasteiger charge is 2.29. The average Bonchev–Trinajstić information content (AvgIpc) is 2.59. The molecule has 0 radical (unpaired) electrons. The SMILES string of the molecule is CCC[C@H](O)[C@@H](CC(C)(C)C)c1ccccc1[S@@](=O)c1ccc(C)cc1. The van der Waals surface area contributed by atoms with Gasteiger partial charge < -0.3 is 5.11 Å². The minimum absolute atomic E-state index is 0.0134. The number of hydrogen-bond acceptors (Lipinski definition) is 2. The Morgan fingerprint density at radius 1 is 1.04 bits per heavy atom. The number of hydrogen-bond donors (Lipinski definition) is 1. The molecule has 0 saturated heterocycles. The van der Waals surface area contributed by atoms with Crippen LogP contribution in [0.25, 0.3) is 0 Å². The van der Waals surface area contributed by atoms with Crippen molar-refractivity contribution >= 4 is 10.8 Å². The number of aryl methyl sites for hydroxylation is 1. The van der Waals surface area contributed by atoms with Gasteiger partial charge >= 0.3 is 0 Å². The van der Waals surface area contributed by atoms with Gasteiger partial charge in [0.25, 0.3) is 0 Å². The van der Waals surface area contributed by atoms with Crippen molar-refractivity contribution in [1.82, 2.24) is 0 Å². The Morgan fingerprint density at radius 2 is 1.65 bits per heavy atom. The third-order valence-corrected chi connectivity index (χ3v) is 6.11. The molecule has 0 aliphatic heterocycles. The lowest BCUT2D eigenvalue weighted by atomic mass is 9.78. The fraction of sp³-hybridized carbons (Fsp3) is 0.478. The minimum atomic E-state index is -1.25. The summed E-state index contributed by atoms with van der Waals surface area (Å²) in [7, 11) is -1.25. The lowest BCUT2D eigenvalue weighted by Gasteiger charge is -2.31. The van der Waals surface area contributed by atoms with Crippen molar-refractivity contribution in [2.24, 2.45) is 5.41 Å². The first kappa shape index (κ1) is 20.9. The summed E-state index contributed by atoms with van der Waals surface area (Å²) in [4.78, 5) is 1.63. The molecule has 0 aliphatic rings. The molecule has 0 saturated carbocycles. The fourth-order valence-corrected chi connectivity index (χ4v) is 4.63. The maximum atomic E-state index is 13.3. The van der Waals surface area contributed by atoms with E-state index < -0.39 is 16.9 Å². The normalized spacial score (nSPS) is 15.5. The molecule has 2 aromatic rings. The van der Waals surface area contributed by atoms with E-state index in [1.165, 1.54) is 0 Å². The van der Waals surface area contributed by atoms with Crippen LogP contribution in [-0.4, -0.2) is 15.4 Å². The average molecular weight is 373 g/mol. The summed E-state index contributed by atoms with van der Waals surface area (Å²) in [6, 6.07) is 15.8. The highest BCUT2D eigenvalue weighted by molar-refractivity contribution is 7.85. The molecular formula is C23H32O2S. The van der Waals surface area contributed by atoms with E-state index in [4.69, 9.17) is 0 Å². The molecule has 1 N–H and O–H groups in total. The maximum Gasteiger partial charge on any atom is 0.0852 e. The first-order chi connectivity index (χ1) is 12.2. The van der Waals surface area contributed by atoms with E-state index in [1.54, 1.807) is 0 Å². The Hall–Kier alpha value is -1.45. The first-order valence-corrected chi connectivity index (χ1v) is 10.6. The topological polar surface area (TPSA) is 37.3 Å². The van der Waals surface area contributed by atoms with E-state index in [2.05, 4.69) is 27.7 Å². The van der Waals surface area contributed by atoms with E-state index in [0.717, 1.165) is 40.2 Å². The molecule has 2 nitrogen and oxygen atoms in total. The Bertz CT molecular complexity index is 729. The molecule has 0 heterocycles. The van der Waals surface area contributed by atoms with E-state index in [0.29, 0.717) is 0 Å². The van der Waals surface area contributed by atoms with Crippen molar-refractivity contribution in [2.75, 3.05) is 0 Å². The number of aliphatic hydroxyl groups excluding tert-OH is 1. The van der Waals surface area contributed by atoms with Crippen LogP contribution in [0.3, 0.4) is 0 Å². The van der Waals surface area contributed by atoms with Crippen molar-refractivity contribution in [3.8, 4) is 0 Å². The van der Waals surface area contributed by atoms with Crippen LogP contribution < -0.4 is 0 Å². The van der Waals surface area contributed by atoms with Gasteiger partial charge in [-0.2, -0.15) is 0 Å². The number of rotatable bonds is 7. The predicted octanol–water partition coefficient (Wildman–Crippen LogP) is 5.84. The van der Waals surface area contributed by atoms with Crippen molar-refractivity contribution in [3.05, 3.63) is 59.7 Å². The highest BCUT2D eigenvalue weighted by atomic mass is 32.2. The van der Waals surface area contributed by atoms with Gasteiger partial charge in [-0.25, -0.2) is 4.21 Å². The molecule has 142 valence electrons. The minimum Gasteiger partial charge on any atom is -0.392 e. The quantitative estimate of drug-likeness (QED) is 0.662. The maximum absolute atomic E-state index is 13.3. The Morgan fingerprint density at radius 3 is 2.23 bits per heavy atom. The van der Waals surface area contributed by atoms with Crippen LogP contribution in [0, 0.1) is 12.3 Å². The van der Waals surface area contributed by atoms with E-state index in [9.17, 15) is 9.32 Å². The van der Waals surface area contributed by atoms with E-state index >= 15 is 0 Å². The second-order valence-corrected chi connectivity index (χ2v) is 9.80. The van der Waals surface area contributed by atoms with Gasteiger partial charge in [0.05, 0.1) is 16.9 Å². The molecular weight excluding hydrogens is 340 g/mol. The van der Waals surface area contributed by atoms with Gasteiger partial charge in [-0.3, -0.25) is 0 Å². The second kappa shape index (κ2) is 8.96. The van der Waals surface area contributed by atoms with Gasteiger partial charge in [0.1, 0.15) is 0 Å². The lowest BCUT2D eigenvalue weighted by molar-refractivity contribution is 0.110. The molecule has 0 unspecified atom stereocenters. The van der Waals surface area contributed by atoms with Gasteiger partial charge in [0.15, 0.2) is 0 Å². The zero-order valence-electron chi connectivity index (χ0n) is 16.7. The van der Waals surface area contributed by atoms with Gasteiger partial charge in [-0.1, -0.05) is 70.0 Å². The van der Waals surface area contributed by atoms with Crippen LogP contribution in [0.1, 0.15) is 64.0 Å². The fourth-order valence-electron chi connectivity index (χ4n) is 3.35. The Labute approximate surface area is 161 Å². The highest BCUT2D eigenvalue weighted by Crippen LogP contribution is 2.38. The summed E-state index contributed by atoms with van der Waals surface area (Å²) in [5.74, 6) is -0.0134. The molecule has 26 heavy (non-hydrogen) atoms. The summed E-state index contributed by atoms with van der Waals surface area (Å²) in [6.45, 7) is 10.7. The largest absolute Gasteiger partial charge is 0.392 e. The summed E-state index contributed by atoms with van der Waals surface area (Å²) < 4.78 is 13.3. The first-order valence-electron chi connectivity index (χ1n) is 9.48. The molecule has 3 heteroatoms. The molecule has 0 amide bonds. The zero-order valence-corrected chi connectivity index (χ0v) is 17.5. The van der Waals surface area contributed by atoms with Crippen molar-refractivity contribution in [2.45, 2.75) is 75.7 Å². The lowest BCUT2D eigenvalue weighted by Crippen LogP contribution is -2.24. The molecule has 0 bridgehead atoms. The molecule has 0 fully saturated rings. The zero-order chi connectivity index (χ0) is 19.3. The third kappa shape index (κ3) is 5.52. The van der Waals surface area contributed by atoms with Crippen LogP contribution in [0.15, 0.2) is 58.3 Å². The molecule has 3 atom stereocenters. The van der Waals surface area contributed by atoms with E-state index in [-0.39, 0.29) is 11.3 Å². The molecule has 2 rings (SSSR count). The van der Waals surface area contributed by atoms with Crippen molar-refractivity contribution in [3.63, 3.8) is 0 Å². The summed E-state index contributed by atoms with van der Waals surface area (Å²) in [5, 5.41) is 10.8. The molecule has 0 aromatic heterocycles. The monoisotopic (exact) mass is 372 g/mol. The number of benzene rings is 2. The van der Waals surface area contributed by atoms with Crippen LogP contribution in [0.5, 0.6) is 0 Å². The summed E-state index contributed by atoms with van der Waals surface area (Å²) in [5.41, 5.74) is 2.25. The summed E-state index contributed by atoms with van der Waals surface area (Å²) >= 11 is 0. The smallest absolute Gasteiger partial charge is 0.0852 e. The van der Waals surface area contributed by atoms with Crippen molar-refractivity contribution in [1.29, 1.82) is 0 Å². The third-order valence-electron chi connectivity index (χ3n) is 4.63. The molecule has 0 aliphatic carbocycles. The predicted molar refractivity (Wildman–Crippen MR) is 110 cm³/mol. The second-order valence-electron chi connectivity index (χ2n) is 8.35. The van der Waals surface area contributed by atoms with Crippen LogP contribution in [0.4, 0.5) is 0 Å². The molecule has 2 aromatic carbocycles. The Balaban J connectivity index is 2.46. The molecule has 0 spiro atoms. The van der Waals surface area contributed by atoms with Crippen molar-refractivity contribution < 1.29 is 9.32 Å². The Kier molecular flexibility index (Phi) is 7.19. The summed E-state index contributed by atoms with van der Waals surface area (Å²) in [6.07, 6.45) is 2.13.